The van der Waals surface area contributed by atoms with E-state index in [-0.39, 0.29) is 17.8 Å². The number of para-hydroxylation sites is 1. The summed E-state index contributed by atoms with van der Waals surface area (Å²) in [7, 11) is 0. The van der Waals surface area contributed by atoms with E-state index in [4.69, 9.17) is 4.74 Å². The van der Waals surface area contributed by atoms with Crippen molar-refractivity contribution < 1.29 is 13.5 Å². The van der Waals surface area contributed by atoms with E-state index in [1.807, 2.05) is 0 Å². The van der Waals surface area contributed by atoms with Gasteiger partial charge in [-0.15, -0.1) is 0 Å². The summed E-state index contributed by atoms with van der Waals surface area (Å²) in [5, 5.41) is 7.58. The van der Waals surface area contributed by atoms with Crippen LogP contribution in [0.15, 0.2) is 30.5 Å². The molecule has 1 N–H and O–H groups in total. The highest BCUT2D eigenvalue weighted by atomic mass is 19.1. The maximum atomic E-state index is 13.7. The van der Waals surface area contributed by atoms with Gasteiger partial charge in [0.05, 0.1) is 11.8 Å². The molecule has 0 aliphatic carbocycles. The third-order valence-electron chi connectivity index (χ3n) is 3.94. The highest BCUT2D eigenvalue weighted by Gasteiger charge is 2.22. The molecular weight excluding hydrogens is 288 g/mol. The van der Waals surface area contributed by atoms with Gasteiger partial charge >= 0.3 is 0 Å². The van der Waals surface area contributed by atoms with Gasteiger partial charge in [-0.05, 0) is 38.0 Å². The molecule has 1 aromatic heterocycles. The van der Waals surface area contributed by atoms with Gasteiger partial charge in [0.2, 0.25) is 0 Å². The van der Waals surface area contributed by atoms with Gasteiger partial charge in [-0.1, -0.05) is 6.07 Å². The van der Waals surface area contributed by atoms with Crippen molar-refractivity contribution in [1.82, 2.24) is 15.1 Å². The first-order valence-electron chi connectivity index (χ1n) is 7.49. The monoisotopic (exact) mass is 307 g/mol. The Hall–Kier alpha value is -1.79. The summed E-state index contributed by atoms with van der Waals surface area (Å²) in [4.78, 5) is 0. The highest BCUT2D eigenvalue weighted by Crippen LogP contribution is 2.18. The van der Waals surface area contributed by atoms with Gasteiger partial charge < -0.3 is 10.1 Å². The zero-order valence-corrected chi connectivity index (χ0v) is 12.4. The molecule has 1 aliphatic rings. The summed E-state index contributed by atoms with van der Waals surface area (Å²) < 4.78 is 34.3. The van der Waals surface area contributed by atoms with Crippen LogP contribution in [0.3, 0.4) is 0 Å². The Morgan fingerprint density at radius 3 is 2.82 bits per heavy atom. The molecule has 1 saturated heterocycles. The van der Waals surface area contributed by atoms with Crippen LogP contribution in [0.25, 0.3) is 5.69 Å². The van der Waals surface area contributed by atoms with E-state index in [0.29, 0.717) is 6.54 Å². The van der Waals surface area contributed by atoms with Crippen molar-refractivity contribution in [3.63, 3.8) is 0 Å². The number of benzene rings is 1. The van der Waals surface area contributed by atoms with Gasteiger partial charge in [0.25, 0.3) is 0 Å². The van der Waals surface area contributed by atoms with Crippen LogP contribution in [0.1, 0.15) is 25.5 Å². The third kappa shape index (κ3) is 3.18. The molecule has 0 saturated carbocycles. The Kier molecular flexibility index (Phi) is 4.49. The normalized spacial score (nSPS) is 19.5. The fourth-order valence-electron chi connectivity index (χ4n) is 2.68. The van der Waals surface area contributed by atoms with Crippen molar-refractivity contribution in [1.29, 1.82) is 0 Å². The second-order valence-electron chi connectivity index (χ2n) is 5.54. The average molecular weight is 307 g/mol. The fraction of sp³-hybridized carbons (Fsp3) is 0.438. The van der Waals surface area contributed by atoms with Crippen molar-refractivity contribution in [3.05, 3.63) is 47.8 Å². The molecule has 0 amide bonds. The van der Waals surface area contributed by atoms with E-state index in [1.165, 1.54) is 22.9 Å². The minimum atomic E-state index is -0.629. The van der Waals surface area contributed by atoms with Crippen molar-refractivity contribution in [3.8, 4) is 5.69 Å². The van der Waals surface area contributed by atoms with Gasteiger partial charge in [0.1, 0.15) is 5.69 Å². The van der Waals surface area contributed by atoms with Crippen LogP contribution in [0.2, 0.25) is 0 Å². The molecule has 0 radical (unpaired) electrons. The average Bonchev–Trinajstić information content (AvgIpc) is 3.16. The van der Waals surface area contributed by atoms with Crippen molar-refractivity contribution in [2.75, 3.05) is 6.61 Å². The maximum absolute atomic E-state index is 13.7. The molecule has 22 heavy (non-hydrogen) atoms. The minimum Gasteiger partial charge on any atom is -0.377 e. The quantitative estimate of drug-likeness (QED) is 0.923. The molecule has 1 aromatic carbocycles. The number of nitrogens with one attached hydrogen (secondary N) is 1. The molecular formula is C16H19F2N3O. The number of rotatable bonds is 5. The molecule has 0 unspecified atom stereocenters. The Balaban J connectivity index is 1.66. The predicted octanol–water partition coefficient (Wildman–Crippen LogP) is 2.81. The first-order valence-corrected chi connectivity index (χ1v) is 7.49. The van der Waals surface area contributed by atoms with Gasteiger partial charge in [0.15, 0.2) is 11.6 Å². The van der Waals surface area contributed by atoms with Gasteiger partial charge in [0, 0.05) is 25.4 Å². The van der Waals surface area contributed by atoms with E-state index in [9.17, 15) is 8.78 Å². The van der Waals surface area contributed by atoms with Crippen LogP contribution >= 0.6 is 0 Å². The van der Waals surface area contributed by atoms with Crippen LogP contribution in [-0.2, 0) is 11.3 Å². The molecule has 2 heterocycles. The molecule has 1 fully saturated rings. The van der Waals surface area contributed by atoms with E-state index in [2.05, 4.69) is 17.3 Å². The van der Waals surface area contributed by atoms with E-state index in [0.717, 1.165) is 25.1 Å². The minimum absolute atomic E-state index is 0.152. The Bertz CT molecular complexity index is 618. The second kappa shape index (κ2) is 6.54. The predicted molar refractivity (Wildman–Crippen MR) is 78.8 cm³/mol. The second-order valence-corrected chi connectivity index (χ2v) is 5.54. The number of ether oxygens (including phenoxy) is 1. The lowest BCUT2D eigenvalue weighted by Gasteiger charge is -2.19. The molecule has 0 bridgehead atoms. The zero-order valence-electron chi connectivity index (χ0n) is 12.4. The summed E-state index contributed by atoms with van der Waals surface area (Å²) in [6.45, 7) is 3.42. The van der Waals surface area contributed by atoms with Crippen LogP contribution in [0.5, 0.6) is 0 Å². The van der Waals surface area contributed by atoms with Crippen LogP contribution in [-0.4, -0.2) is 28.5 Å². The summed E-state index contributed by atoms with van der Waals surface area (Å²) in [5.74, 6) is -1.26. The first kappa shape index (κ1) is 15.1. The summed E-state index contributed by atoms with van der Waals surface area (Å²) in [6, 6.07) is 5.75. The molecule has 4 nitrogen and oxygen atoms in total. The smallest absolute Gasteiger partial charge is 0.151 e. The molecule has 2 atom stereocenters. The van der Waals surface area contributed by atoms with Gasteiger partial charge in [-0.25, -0.2) is 13.5 Å². The van der Waals surface area contributed by atoms with Gasteiger partial charge in [-0.2, -0.15) is 5.10 Å². The third-order valence-corrected chi connectivity index (χ3v) is 3.94. The summed E-state index contributed by atoms with van der Waals surface area (Å²) in [6.07, 6.45) is 3.95. The number of aromatic nitrogens is 2. The largest absolute Gasteiger partial charge is 0.377 e. The number of halogens is 2. The summed E-state index contributed by atoms with van der Waals surface area (Å²) >= 11 is 0. The number of hydrogen-bond donors (Lipinski definition) is 1. The SMILES string of the molecule is C[C@@H](NCc1ccn(-c2c(F)cccc2F)n1)[C@@H]1CCCO1. The van der Waals surface area contributed by atoms with Crippen LogP contribution < -0.4 is 5.32 Å². The molecule has 1 aliphatic heterocycles. The van der Waals surface area contributed by atoms with Gasteiger partial charge in [-0.3, -0.25) is 0 Å². The Morgan fingerprint density at radius 1 is 1.36 bits per heavy atom. The molecule has 3 rings (SSSR count). The van der Waals surface area contributed by atoms with E-state index in [1.54, 1.807) is 12.3 Å². The number of nitrogens with zero attached hydrogens (tertiary/aromatic N) is 2. The number of hydrogen-bond acceptors (Lipinski definition) is 3. The van der Waals surface area contributed by atoms with Crippen molar-refractivity contribution >= 4 is 0 Å². The van der Waals surface area contributed by atoms with Crippen molar-refractivity contribution in [2.24, 2.45) is 0 Å². The standard InChI is InChI=1S/C16H19F2N3O/c1-11(15-6-3-9-22-15)19-10-12-7-8-21(20-12)16-13(17)4-2-5-14(16)18/h2,4-5,7-8,11,15,19H,3,6,9-10H2,1H3/t11-,15+/m1/s1. The van der Waals surface area contributed by atoms with E-state index >= 15 is 0 Å². The first-order chi connectivity index (χ1) is 10.6. The van der Waals surface area contributed by atoms with E-state index < -0.39 is 11.6 Å². The molecule has 6 heteroatoms. The van der Waals surface area contributed by atoms with Crippen LogP contribution in [0, 0.1) is 11.6 Å². The molecule has 118 valence electrons. The lowest BCUT2D eigenvalue weighted by Crippen LogP contribution is -2.36. The lowest BCUT2D eigenvalue weighted by molar-refractivity contribution is 0.0831. The molecule has 0 spiro atoms. The van der Waals surface area contributed by atoms with Crippen LogP contribution in [0.4, 0.5) is 8.78 Å². The zero-order chi connectivity index (χ0) is 15.5. The highest BCUT2D eigenvalue weighted by molar-refractivity contribution is 5.34. The molecule has 2 aromatic rings. The maximum Gasteiger partial charge on any atom is 0.151 e. The Morgan fingerprint density at radius 2 is 2.14 bits per heavy atom. The summed E-state index contributed by atoms with van der Waals surface area (Å²) in [5.41, 5.74) is 0.577. The topological polar surface area (TPSA) is 39.1 Å². The lowest BCUT2D eigenvalue weighted by atomic mass is 10.1. The fourth-order valence-corrected chi connectivity index (χ4v) is 2.68. The van der Waals surface area contributed by atoms with Crippen molar-refractivity contribution in [2.45, 2.75) is 38.5 Å². The Labute approximate surface area is 128 Å².